The average Bonchev–Trinajstić information content (AvgIpc) is 3.17. The number of para-hydroxylation sites is 1. The number of benzene rings is 2. The summed E-state index contributed by atoms with van der Waals surface area (Å²) < 4.78 is 0. The van der Waals surface area contributed by atoms with Crippen molar-refractivity contribution in [3.8, 4) is 0 Å². The number of carbonyl (C=O) groups is 1. The molecule has 0 fully saturated rings. The van der Waals surface area contributed by atoms with E-state index in [4.69, 9.17) is 0 Å². The number of aromatic nitrogens is 1. The molecule has 0 amide bonds. The van der Waals surface area contributed by atoms with Crippen LogP contribution in [0.1, 0.15) is 41.8 Å². The van der Waals surface area contributed by atoms with Gasteiger partial charge in [-0.3, -0.25) is 14.9 Å². The smallest absolute Gasteiger partial charge is 0.293 e. The summed E-state index contributed by atoms with van der Waals surface area (Å²) in [5, 5.41) is 12.8. The van der Waals surface area contributed by atoms with Crippen molar-refractivity contribution in [2.45, 2.75) is 26.7 Å². The van der Waals surface area contributed by atoms with Crippen molar-refractivity contribution in [2.75, 3.05) is 18.0 Å². The lowest BCUT2D eigenvalue weighted by molar-refractivity contribution is -0.384. The number of rotatable bonds is 5. The van der Waals surface area contributed by atoms with Crippen LogP contribution in [0.15, 0.2) is 48.7 Å². The number of fused-ring (bicyclic) bond motifs is 1. The number of hydrogen-bond donors (Lipinski definition) is 1. The van der Waals surface area contributed by atoms with Gasteiger partial charge in [0.05, 0.1) is 4.92 Å². The Morgan fingerprint density at radius 1 is 1.28 bits per heavy atom. The van der Waals surface area contributed by atoms with E-state index in [0.29, 0.717) is 24.3 Å². The number of nitrogens with one attached hydrogen (secondary N) is 1. The Morgan fingerprint density at radius 2 is 2.10 bits per heavy atom. The van der Waals surface area contributed by atoms with Crippen LogP contribution < -0.4 is 4.90 Å². The first-order chi connectivity index (χ1) is 14.0. The van der Waals surface area contributed by atoms with Crippen molar-refractivity contribution < 1.29 is 9.72 Å². The van der Waals surface area contributed by atoms with E-state index in [1.54, 1.807) is 12.1 Å². The molecule has 0 saturated carbocycles. The van der Waals surface area contributed by atoms with Crippen molar-refractivity contribution in [3.05, 3.63) is 75.5 Å². The topological polar surface area (TPSA) is 79.2 Å². The summed E-state index contributed by atoms with van der Waals surface area (Å²) in [5.41, 5.74) is 5.84. The number of H-pyrrole nitrogens is 1. The van der Waals surface area contributed by atoms with E-state index >= 15 is 0 Å². The van der Waals surface area contributed by atoms with Crippen LogP contribution in [0.5, 0.6) is 0 Å². The molecule has 0 unspecified atom stereocenters. The van der Waals surface area contributed by atoms with E-state index in [1.807, 2.05) is 4.90 Å². The number of ketones is 1. The van der Waals surface area contributed by atoms with Gasteiger partial charge in [0.15, 0.2) is 5.78 Å². The number of Topliss-reactive ketones (excluding diaryl/α,β-unsaturated/α-hetero) is 1. The number of nitro benzene ring substituents is 1. The Balaban J connectivity index is 1.64. The predicted molar refractivity (Wildman–Crippen MR) is 116 cm³/mol. The summed E-state index contributed by atoms with van der Waals surface area (Å²) in [6.45, 7) is 4.85. The Hall–Kier alpha value is -3.41. The van der Waals surface area contributed by atoms with Crippen LogP contribution in [-0.2, 0) is 6.42 Å². The predicted octanol–water partition coefficient (Wildman–Crippen LogP) is 5.13. The standard InChI is InChI=1S/C23H23N3O3/c1-3-16-5-4-6-19-20(14-24-23(16)19)17-9-11-25(12-10-17)21-8-7-18(15(2)27)13-22(21)26(28)29/h4-9,13-14,24H,3,10-12H2,1-2H3. The molecule has 2 aromatic carbocycles. The van der Waals surface area contributed by atoms with E-state index in [1.165, 1.54) is 40.6 Å². The largest absolute Gasteiger partial charge is 0.362 e. The van der Waals surface area contributed by atoms with E-state index < -0.39 is 4.92 Å². The van der Waals surface area contributed by atoms with Gasteiger partial charge in [0, 0.05) is 47.4 Å². The van der Waals surface area contributed by atoms with Gasteiger partial charge in [0.2, 0.25) is 0 Å². The van der Waals surface area contributed by atoms with Gasteiger partial charge in [-0.2, -0.15) is 0 Å². The molecule has 1 aliphatic heterocycles. The molecule has 1 aromatic heterocycles. The molecule has 1 aliphatic rings. The molecular weight excluding hydrogens is 366 g/mol. The van der Waals surface area contributed by atoms with E-state index in [-0.39, 0.29) is 11.5 Å². The highest BCUT2D eigenvalue weighted by atomic mass is 16.6. The van der Waals surface area contributed by atoms with E-state index in [0.717, 1.165) is 12.8 Å². The number of nitro groups is 1. The summed E-state index contributed by atoms with van der Waals surface area (Å²) in [6, 6.07) is 11.1. The molecule has 29 heavy (non-hydrogen) atoms. The average molecular weight is 389 g/mol. The van der Waals surface area contributed by atoms with Gasteiger partial charge in [-0.25, -0.2) is 0 Å². The highest BCUT2D eigenvalue weighted by molar-refractivity contribution is 5.96. The second kappa shape index (κ2) is 7.54. The Bertz CT molecular complexity index is 1140. The highest BCUT2D eigenvalue weighted by Crippen LogP contribution is 2.35. The zero-order valence-corrected chi connectivity index (χ0v) is 16.6. The molecule has 1 N–H and O–H groups in total. The number of aryl methyl sites for hydroxylation is 1. The molecule has 3 aromatic rings. The molecule has 4 rings (SSSR count). The van der Waals surface area contributed by atoms with Gasteiger partial charge in [-0.05, 0) is 43.0 Å². The van der Waals surface area contributed by atoms with Crippen LogP contribution in [0.25, 0.3) is 16.5 Å². The van der Waals surface area contributed by atoms with Crippen LogP contribution in [0.2, 0.25) is 0 Å². The molecule has 0 bridgehead atoms. The van der Waals surface area contributed by atoms with Gasteiger partial charge < -0.3 is 9.88 Å². The third-order valence-electron chi connectivity index (χ3n) is 5.66. The zero-order chi connectivity index (χ0) is 20.5. The lowest BCUT2D eigenvalue weighted by Crippen LogP contribution is -2.28. The lowest BCUT2D eigenvalue weighted by atomic mass is 9.97. The van der Waals surface area contributed by atoms with Crippen LogP contribution in [0.3, 0.4) is 0 Å². The molecular formula is C23H23N3O3. The van der Waals surface area contributed by atoms with Crippen molar-refractivity contribution in [3.63, 3.8) is 0 Å². The summed E-state index contributed by atoms with van der Waals surface area (Å²) in [6.07, 6.45) is 5.99. The van der Waals surface area contributed by atoms with Gasteiger partial charge in [0.1, 0.15) is 5.69 Å². The second-order valence-corrected chi connectivity index (χ2v) is 7.34. The fourth-order valence-corrected chi connectivity index (χ4v) is 4.07. The number of hydrogen-bond acceptors (Lipinski definition) is 4. The molecule has 2 heterocycles. The molecule has 0 atom stereocenters. The first-order valence-electron chi connectivity index (χ1n) is 9.82. The van der Waals surface area contributed by atoms with Crippen LogP contribution in [0, 0.1) is 10.1 Å². The maximum atomic E-state index is 11.6. The number of carbonyl (C=O) groups excluding carboxylic acids is 1. The van der Waals surface area contributed by atoms with Gasteiger partial charge in [0.25, 0.3) is 5.69 Å². The fraction of sp³-hybridized carbons (Fsp3) is 0.261. The first kappa shape index (κ1) is 18.9. The van der Waals surface area contributed by atoms with Crippen molar-refractivity contribution >= 4 is 33.6 Å². The zero-order valence-electron chi connectivity index (χ0n) is 16.6. The van der Waals surface area contributed by atoms with Crippen molar-refractivity contribution in [1.82, 2.24) is 4.98 Å². The van der Waals surface area contributed by atoms with Gasteiger partial charge in [-0.1, -0.05) is 31.2 Å². The molecule has 0 radical (unpaired) electrons. The van der Waals surface area contributed by atoms with Crippen molar-refractivity contribution in [2.24, 2.45) is 0 Å². The summed E-state index contributed by atoms with van der Waals surface area (Å²) >= 11 is 0. The SMILES string of the molecule is CCc1cccc2c(C3=CCN(c4ccc(C(C)=O)cc4[N+](=O)[O-])CC3)c[nH]c12. The van der Waals surface area contributed by atoms with Crippen LogP contribution in [0.4, 0.5) is 11.4 Å². The minimum Gasteiger partial charge on any atom is -0.362 e. The minimum atomic E-state index is -0.410. The Kier molecular flexibility index (Phi) is 4.92. The molecule has 0 saturated heterocycles. The van der Waals surface area contributed by atoms with Crippen LogP contribution in [-0.4, -0.2) is 28.8 Å². The summed E-state index contributed by atoms with van der Waals surface area (Å²) in [5.74, 6) is -0.175. The van der Waals surface area contributed by atoms with E-state index in [9.17, 15) is 14.9 Å². The van der Waals surface area contributed by atoms with Gasteiger partial charge >= 0.3 is 0 Å². The van der Waals surface area contributed by atoms with Crippen molar-refractivity contribution in [1.29, 1.82) is 0 Å². The molecule has 0 aliphatic carbocycles. The number of aromatic amines is 1. The molecule has 6 heteroatoms. The Labute approximate surface area is 169 Å². The maximum absolute atomic E-state index is 11.6. The third kappa shape index (κ3) is 3.42. The van der Waals surface area contributed by atoms with Gasteiger partial charge in [-0.15, -0.1) is 0 Å². The molecule has 148 valence electrons. The first-order valence-corrected chi connectivity index (χ1v) is 9.82. The lowest BCUT2D eigenvalue weighted by Gasteiger charge is -2.28. The summed E-state index contributed by atoms with van der Waals surface area (Å²) in [7, 11) is 0. The van der Waals surface area contributed by atoms with Crippen LogP contribution >= 0.6 is 0 Å². The molecule has 0 spiro atoms. The van der Waals surface area contributed by atoms with E-state index in [2.05, 4.69) is 42.4 Å². The number of anilines is 1. The monoisotopic (exact) mass is 389 g/mol. The fourth-order valence-electron chi connectivity index (χ4n) is 4.07. The Morgan fingerprint density at radius 3 is 2.76 bits per heavy atom. The normalized spacial score (nSPS) is 14.1. The third-order valence-corrected chi connectivity index (χ3v) is 5.66. The highest BCUT2D eigenvalue weighted by Gasteiger charge is 2.23. The second-order valence-electron chi connectivity index (χ2n) is 7.34. The molecule has 6 nitrogen and oxygen atoms in total. The minimum absolute atomic E-state index is 0.0192. The quantitative estimate of drug-likeness (QED) is 0.372. The number of nitrogens with zero attached hydrogens (tertiary/aromatic N) is 2. The summed E-state index contributed by atoms with van der Waals surface area (Å²) in [4.78, 5) is 28.1. The maximum Gasteiger partial charge on any atom is 0.293 e.